The van der Waals surface area contributed by atoms with Gasteiger partial charge < -0.3 is 38.1 Å². The molecule has 46 heavy (non-hydrogen) atoms. The van der Waals surface area contributed by atoms with E-state index in [4.69, 9.17) is 33.2 Å². The quantitative estimate of drug-likeness (QED) is 0.0758. The van der Waals surface area contributed by atoms with E-state index in [0.717, 1.165) is 31.7 Å². The number of hydrogen-bond acceptors (Lipinski definition) is 10. The zero-order valence-corrected chi connectivity index (χ0v) is 28.8. The third-order valence-corrected chi connectivity index (χ3v) is 9.90. The Kier molecular flexibility index (Phi) is 13.3. The summed E-state index contributed by atoms with van der Waals surface area (Å²) in [5.41, 5.74) is 0.543. The summed E-state index contributed by atoms with van der Waals surface area (Å²) >= 11 is 0. The molecular formula is C33H50N2O10Si. The van der Waals surface area contributed by atoms with E-state index in [-0.39, 0.29) is 49.6 Å². The van der Waals surface area contributed by atoms with E-state index in [1.54, 1.807) is 17.0 Å². The summed E-state index contributed by atoms with van der Waals surface area (Å²) in [6.07, 6.45) is 4.89. The van der Waals surface area contributed by atoms with Crippen LogP contribution >= 0.6 is 0 Å². The second-order valence-corrected chi connectivity index (χ2v) is 18.6. The average molecular weight is 663 g/mol. The van der Waals surface area contributed by atoms with Gasteiger partial charge in [-0.25, -0.2) is 9.69 Å². The van der Waals surface area contributed by atoms with Crippen molar-refractivity contribution in [2.24, 2.45) is 0 Å². The second-order valence-electron chi connectivity index (χ2n) is 12.9. The Labute approximate surface area is 273 Å². The van der Waals surface area contributed by atoms with Crippen molar-refractivity contribution in [2.75, 3.05) is 51.8 Å². The van der Waals surface area contributed by atoms with E-state index in [1.807, 2.05) is 0 Å². The third-order valence-electron chi connectivity index (χ3n) is 8.20. The summed E-state index contributed by atoms with van der Waals surface area (Å²) in [7, 11) is 0.0351. The van der Waals surface area contributed by atoms with Crippen molar-refractivity contribution in [2.45, 2.75) is 95.6 Å². The highest BCUT2D eigenvalue weighted by atomic mass is 28.3. The first-order valence-electron chi connectivity index (χ1n) is 16.4. The van der Waals surface area contributed by atoms with E-state index in [9.17, 15) is 14.4 Å². The van der Waals surface area contributed by atoms with Crippen LogP contribution < -0.4 is 14.4 Å². The lowest BCUT2D eigenvalue weighted by Crippen LogP contribution is -2.57. The minimum Gasteiger partial charge on any atom is -0.490 e. The fraction of sp³-hybridized carbons (Fsp3) is 0.667. The number of carbonyl (C=O) groups excluding carboxylic acids is 3. The molecule has 1 aromatic carbocycles. The number of benzene rings is 1. The number of esters is 1. The molecule has 0 aliphatic carbocycles. The topological polar surface area (TPSA) is 122 Å². The van der Waals surface area contributed by atoms with Crippen LogP contribution in [0.5, 0.6) is 11.5 Å². The summed E-state index contributed by atoms with van der Waals surface area (Å²) in [5.74, 6) is 0.000123. The van der Waals surface area contributed by atoms with Gasteiger partial charge in [0.05, 0.1) is 31.0 Å². The van der Waals surface area contributed by atoms with E-state index in [2.05, 4.69) is 26.2 Å². The molecule has 3 aliphatic heterocycles. The Morgan fingerprint density at radius 2 is 1.85 bits per heavy atom. The molecule has 2 saturated heterocycles. The zero-order chi connectivity index (χ0) is 33.1. The molecule has 0 saturated carbocycles. The van der Waals surface area contributed by atoms with Crippen LogP contribution in [0, 0.1) is 0 Å². The highest BCUT2D eigenvalue weighted by Crippen LogP contribution is 2.42. The first-order valence-corrected chi connectivity index (χ1v) is 20.1. The lowest BCUT2D eigenvalue weighted by atomic mass is 10.00. The van der Waals surface area contributed by atoms with E-state index >= 15 is 0 Å². The average Bonchev–Trinajstić information content (AvgIpc) is 3.14. The number of rotatable bonds is 15. The highest BCUT2D eigenvalue weighted by molar-refractivity contribution is 6.76. The number of carbonyl (C=O) groups is 3. The van der Waals surface area contributed by atoms with E-state index in [0.29, 0.717) is 50.5 Å². The van der Waals surface area contributed by atoms with Crippen molar-refractivity contribution < 1.29 is 47.5 Å². The van der Waals surface area contributed by atoms with Gasteiger partial charge in [-0.1, -0.05) is 32.3 Å². The van der Waals surface area contributed by atoms with Gasteiger partial charge in [0.15, 0.2) is 30.8 Å². The molecule has 2 amide bonds. The van der Waals surface area contributed by atoms with Crippen molar-refractivity contribution in [3.8, 4) is 11.5 Å². The summed E-state index contributed by atoms with van der Waals surface area (Å²) < 4.78 is 40.8. The summed E-state index contributed by atoms with van der Waals surface area (Å²) in [5, 5.41) is 0. The molecule has 0 radical (unpaired) electrons. The van der Waals surface area contributed by atoms with Crippen molar-refractivity contribution >= 4 is 31.7 Å². The predicted molar refractivity (Wildman–Crippen MR) is 174 cm³/mol. The SMILES string of the molecule is C=CCOC(=O)N1c2cc(OCCCC(=O)OC)c(OCOCC[Si](C)(C)C)cc2C(=O)N2CCCCC2C1OC1CCCCO1. The molecule has 0 N–H and O–H groups in total. The minimum absolute atomic E-state index is 0.0213. The summed E-state index contributed by atoms with van der Waals surface area (Å²) in [6.45, 7) is 12.2. The number of amides is 2. The molecule has 0 spiro atoms. The Balaban J connectivity index is 1.73. The number of fused-ring (bicyclic) bond motifs is 2. The Morgan fingerprint density at radius 3 is 2.57 bits per heavy atom. The van der Waals surface area contributed by atoms with Gasteiger partial charge in [0.2, 0.25) is 0 Å². The molecule has 0 bridgehead atoms. The van der Waals surface area contributed by atoms with Gasteiger partial charge in [-0.05, 0) is 57.1 Å². The van der Waals surface area contributed by atoms with Crippen LogP contribution in [0.25, 0.3) is 0 Å². The predicted octanol–water partition coefficient (Wildman–Crippen LogP) is 5.72. The molecule has 12 nitrogen and oxygen atoms in total. The maximum Gasteiger partial charge on any atom is 0.416 e. The molecule has 256 valence electrons. The minimum atomic E-state index is -1.30. The van der Waals surface area contributed by atoms with Crippen LogP contribution in [0.3, 0.4) is 0 Å². The molecule has 1 aromatic rings. The molecule has 3 unspecified atom stereocenters. The van der Waals surface area contributed by atoms with Crippen molar-refractivity contribution in [3.05, 3.63) is 30.4 Å². The number of methoxy groups -OCH3 is 1. The molecule has 3 aliphatic rings. The smallest absolute Gasteiger partial charge is 0.416 e. The Hall–Kier alpha value is -3.13. The molecule has 2 fully saturated rings. The molecule has 3 heterocycles. The van der Waals surface area contributed by atoms with Crippen LogP contribution in [0.15, 0.2) is 24.8 Å². The van der Waals surface area contributed by atoms with Crippen LogP contribution in [0.2, 0.25) is 25.7 Å². The fourth-order valence-electron chi connectivity index (χ4n) is 5.69. The third kappa shape index (κ3) is 9.69. The highest BCUT2D eigenvalue weighted by Gasteiger charge is 2.47. The number of anilines is 1. The van der Waals surface area contributed by atoms with Crippen LogP contribution in [0.4, 0.5) is 10.5 Å². The lowest BCUT2D eigenvalue weighted by Gasteiger charge is -2.42. The Bertz CT molecular complexity index is 1200. The number of piperidine rings is 1. The number of ether oxygens (including phenoxy) is 7. The van der Waals surface area contributed by atoms with Gasteiger partial charge in [0.1, 0.15) is 6.61 Å². The maximum absolute atomic E-state index is 14.3. The number of hydrogen-bond donors (Lipinski definition) is 0. The van der Waals surface area contributed by atoms with Crippen LogP contribution in [-0.4, -0.2) is 96.4 Å². The fourth-order valence-corrected chi connectivity index (χ4v) is 6.44. The van der Waals surface area contributed by atoms with Gasteiger partial charge in [0.25, 0.3) is 5.91 Å². The molecule has 3 atom stereocenters. The largest absolute Gasteiger partial charge is 0.490 e. The van der Waals surface area contributed by atoms with Gasteiger partial charge in [0, 0.05) is 40.3 Å². The number of nitrogens with zero attached hydrogens (tertiary/aromatic N) is 2. The molecular weight excluding hydrogens is 612 g/mol. The Morgan fingerprint density at radius 1 is 1.07 bits per heavy atom. The first-order chi connectivity index (χ1) is 22.1. The monoisotopic (exact) mass is 662 g/mol. The summed E-state index contributed by atoms with van der Waals surface area (Å²) in [6, 6.07) is 3.78. The normalized spacial score (nSPS) is 21.5. The molecule has 13 heteroatoms. The van der Waals surface area contributed by atoms with Gasteiger partial charge in [-0.2, -0.15) is 0 Å². The molecule has 4 rings (SSSR count). The zero-order valence-electron chi connectivity index (χ0n) is 27.8. The van der Waals surface area contributed by atoms with Crippen molar-refractivity contribution in [1.82, 2.24) is 4.90 Å². The van der Waals surface area contributed by atoms with Gasteiger partial charge in [-0.15, -0.1) is 0 Å². The second kappa shape index (κ2) is 17.1. The first kappa shape index (κ1) is 35.7. The van der Waals surface area contributed by atoms with E-state index in [1.165, 1.54) is 18.1 Å². The van der Waals surface area contributed by atoms with Crippen LogP contribution in [-0.2, 0) is 28.5 Å². The summed E-state index contributed by atoms with van der Waals surface area (Å²) in [4.78, 5) is 43.1. The van der Waals surface area contributed by atoms with Crippen molar-refractivity contribution in [1.29, 1.82) is 0 Å². The van der Waals surface area contributed by atoms with Crippen molar-refractivity contribution in [3.63, 3.8) is 0 Å². The van der Waals surface area contributed by atoms with Gasteiger partial charge >= 0.3 is 12.1 Å². The standard InChI is InChI=1S/C33H50N2O10Si/c1-6-16-43-33(38)35-26-22-28(41-18-11-13-29(36)39-2)27(44-23-40-19-20-46(3,4)5)21-24(26)31(37)34-15-9-7-12-25(34)32(35)45-30-14-8-10-17-42-30/h6,21-22,25,30,32H,1,7-20,23H2,2-5H3. The molecule has 0 aromatic heterocycles. The maximum atomic E-state index is 14.3. The lowest BCUT2D eigenvalue weighted by molar-refractivity contribution is -0.198. The van der Waals surface area contributed by atoms with E-state index < -0.39 is 32.7 Å². The van der Waals surface area contributed by atoms with Gasteiger partial charge in [-0.3, -0.25) is 9.59 Å². The van der Waals surface area contributed by atoms with Crippen LogP contribution in [0.1, 0.15) is 61.7 Å².